The van der Waals surface area contributed by atoms with Crippen molar-refractivity contribution in [2.24, 2.45) is 5.10 Å². The van der Waals surface area contributed by atoms with Crippen LogP contribution in [0, 0.1) is 6.92 Å². The highest BCUT2D eigenvalue weighted by Gasteiger charge is 2.12. The summed E-state index contributed by atoms with van der Waals surface area (Å²) in [5, 5.41) is 16.6. The van der Waals surface area contributed by atoms with E-state index in [1.165, 1.54) is 11.6 Å². The maximum absolute atomic E-state index is 12.5. The van der Waals surface area contributed by atoms with Crippen molar-refractivity contribution in [3.8, 4) is 5.75 Å². The molecule has 3 rings (SSSR count). The predicted molar refractivity (Wildman–Crippen MR) is 130 cm³/mol. The van der Waals surface area contributed by atoms with E-state index in [2.05, 4.69) is 73.6 Å². The molecule has 0 aliphatic heterocycles. The largest absolute Gasteiger partial charge is 0.506 e. The number of amides is 1. The van der Waals surface area contributed by atoms with Crippen molar-refractivity contribution in [2.75, 3.05) is 18.0 Å². The van der Waals surface area contributed by atoms with E-state index in [4.69, 9.17) is 0 Å². The molecule has 3 aromatic rings. The Hall–Kier alpha value is -2.38. The van der Waals surface area contributed by atoms with Crippen molar-refractivity contribution >= 4 is 60.4 Å². The number of benzene rings is 3. The van der Waals surface area contributed by atoms with Gasteiger partial charge in [0.25, 0.3) is 5.91 Å². The van der Waals surface area contributed by atoms with Gasteiger partial charge in [-0.25, -0.2) is 5.43 Å². The van der Waals surface area contributed by atoms with E-state index in [9.17, 15) is 9.90 Å². The summed E-state index contributed by atoms with van der Waals surface area (Å²) in [5.41, 5.74) is 4.94. The zero-order chi connectivity index (χ0) is 21.7. The van der Waals surface area contributed by atoms with Gasteiger partial charge in [0, 0.05) is 22.3 Å². The molecule has 7 heteroatoms. The van der Waals surface area contributed by atoms with Crippen LogP contribution in [0.4, 0.5) is 5.69 Å². The molecule has 0 bridgehead atoms. The van der Waals surface area contributed by atoms with Crippen molar-refractivity contribution in [3.63, 3.8) is 0 Å². The van der Waals surface area contributed by atoms with Gasteiger partial charge in [0.15, 0.2) is 0 Å². The van der Waals surface area contributed by atoms with Crippen LogP contribution in [0.2, 0.25) is 0 Å². The standard InChI is InChI=1S/C23H23Br2N3O2/c1-3-10-28(19-9-8-16-6-4-5-7-17(16)11-19)14-21(29)27-26-13-18-12-20(24)15(2)22(25)23(18)30/h4-9,11-13,30H,3,10,14H2,1-2H3,(H,27,29)/b26-13+. The lowest BCUT2D eigenvalue weighted by Gasteiger charge is -2.23. The third kappa shape index (κ3) is 5.21. The second-order valence-corrected chi connectivity index (χ2v) is 8.63. The van der Waals surface area contributed by atoms with Gasteiger partial charge in [0.2, 0.25) is 0 Å². The molecule has 0 aromatic heterocycles. The average molecular weight is 533 g/mol. The van der Waals surface area contributed by atoms with Crippen LogP contribution in [0.3, 0.4) is 0 Å². The van der Waals surface area contributed by atoms with Gasteiger partial charge in [-0.2, -0.15) is 5.10 Å². The van der Waals surface area contributed by atoms with Crippen LogP contribution < -0.4 is 10.3 Å². The molecular weight excluding hydrogens is 510 g/mol. The van der Waals surface area contributed by atoms with Gasteiger partial charge in [-0.15, -0.1) is 0 Å². The first-order chi connectivity index (χ1) is 14.4. The Labute approximate surface area is 193 Å². The molecular formula is C23H23Br2N3O2. The fourth-order valence-electron chi connectivity index (χ4n) is 3.15. The highest BCUT2D eigenvalue weighted by Crippen LogP contribution is 2.35. The molecule has 5 nitrogen and oxygen atoms in total. The van der Waals surface area contributed by atoms with Crippen molar-refractivity contribution in [2.45, 2.75) is 20.3 Å². The van der Waals surface area contributed by atoms with E-state index in [0.717, 1.165) is 34.1 Å². The summed E-state index contributed by atoms with van der Waals surface area (Å²) in [6.07, 6.45) is 2.35. The van der Waals surface area contributed by atoms with Crippen molar-refractivity contribution in [1.29, 1.82) is 0 Å². The van der Waals surface area contributed by atoms with E-state index in [-0.39, 0.29) is 18.2 Å². The van der Waals surface area contributed by atoms with Gasteiger partial charge < -0.3 is 10.0 Å². The van der Waals surface area contributed by atoms with Crippen LogP contribution in [0.25, 0.3) is 10.8 Å². The Bertz CT molecular complexity index is 1100. The van der Waals surface area contributed by atoms with Crippen LogP contribution >= 0.6 is 31.9 Å². The summed E-state index contributed by atoms with van der Waals surface area (Å²) in [5.74, 6) is -0.143. The molecule has 0 fully saturated rings. The molecule has 0 radical (unpaired) electrons. The molecule has 0 aliphatic rings. The maximum Gasteiger partial charge on any atom is 0.259 e. The minimum Gasteiger partial charge on any atom is -0.506 e. The number of hydrogen-bond donors (Lipinski definition) is 2. The number of rotatable bonds is 7. The number of anilines is 1. The first-order valence-electron chi connectivity index (χ1n) is 9.64. The molecule has 0 heterocycles. The van der Waals surface area contributed by atoms with E-state index in [1.807, 2.05) is 30.0 Å². The number of aromatic hydroxyl groups is 1. The minimum absolute atomic E-state index is 0.0810. The fourth-order valence-corrected chi connectivity index (χ4v) is 4.30. The lowest BCUT2D eigenvalue weighted by atomic mass is 10.1. The first kappa shape index (κ1) is 22.3. The molecule has 3 aromatic carbocycles. The third-order valence-corrected chi connectivity index (χ3v) is 6.56. The topological polar surface area (TPSA) is 64.9 Å². The molecule has 0 saturated heterocycles. The van der Waals surface area contributed by atoms with Gasteiger partial charge >= 0.3 is 0 Å². The van der Waals surface area contributed by atoms with Gasteiger partial charge in [-0.1, -0.05) is 53.2 Å². The Morgan fingerprint density at radius 2 is 1.90 bits per heavy atom. The summed E-state index contributed by atoms with van der Waals surface area (Å²) in [7, 11) is 0. The molecule has 0 saturated carbocycles. The molecule has 0 spiro atoms. The van der Waals surface area contributed by atoms with Gasteiger partial charge in [0.1, 0.15) is 5.75 Å². The second-order valence-electron chi connectivity index (χ2n) is 6.98. The first-order valence-corrected chi connectivity index (χ1v) is 11.2. The molecule has 1 amide bonds. The van der Waals surface area contributed by atoms with E-state index in [1.54, 1.807) is 6.07 Å². The van der Waals surface area contributed by atoms with Crippen molar-refractivity contribution < 1.29 is 9.90 Å². The monoisotopic (exact) mass is 531 g/mol. The Kier molecular flexibility index (Phi) is 7.50. The molecule has 0 atom stereocenters. The summed E-state index contributed by atoms with van der Waals surface area (Å²) in [4.78, 5) is 14.5. The van der Waals surface area contributed by atoms with Crippen LogP contribution in [-0.2, 0) is 4.79 Å². The SMILES string of the molecule is CCCN(CC(=O)N/N=C/c1cc(Br)c(C)c(Br)c1O)c1ccc2ccccc2c1. The lowest BCUT2D eigenvalue weighted by molar-refractivity contribution is -0.119. The Morgan fingerprint density at radius 1 is 1.17 bits per heavy atom. The zero-order valence-corrected chi connectivity index (χ0v) is 20.0. The Balaban J connectivity index is 1.70. The molecule has 156 valence electrons. The number of carbonyl (C=O) groups is 1. The van der Waals surface area contributed by atoms with E-state index < -0.39 is 0 Å². The van der Waals surface area contributed by atoms with Gasteiger partial charge in [0.05, 0.1) is 17.2 Å². The molecule has 0 aliphatic carbocycles. The summed E-state index contributed by atoms with van der Waals surface area (Å²) >= 11 is 6.81. The van der Waals surface area contributed by atoms with E-state index in [0.29, 0.717) is 10.0 Å². The summed E-state index contributed by atoms with van der Waals surface area (Å²) in [6.45, 7) is 4.91. The lowest BCUT2D eigenvalue weighted by Crippen LogP contribution is -2.35. The number of phenolic OH excluding ortho intramolecular Hbond substituents is 1. The maximum atomic E-state index is 12.5. The van der Waals surface area contributed by atoms with Crippen LogP contribution in [0.15, 0.2) is 62.6 Å². The normalized spacial score (nSPS) is 11.2. The van der Waals surface area contributed by atoms with Crippen LogP contribution in [0.5, 0.6) is 5.75 Å². The second kappa shape index (κ2) is 10.1. The summed E-state index contributed by atoms with van der Waals surface area (Å²) < 4.78 is 1.43. The van der Waals surface area contributed by atoms with E-state index >= 15 is 0 Å². The van der Waals surface area contributed by atoms with Crippen molar-refractivity contribution in [1.82, 2.24) is 5.43 Å². The minimum atomic E-state index is -0.224. The predicted octanol–water partition coefficient (Wildman–Crippen LogP) is 5.75. The quantitative estimate of drug-likeness (QED) is 0.301. The smallest absolute Gasteiger partial charge is 0.259 e. The number of fused-ring (bicyclic) bond motifs is 1. The number of nitrogens with zero attached hydrogens (tertiary/aromatic N) is 2. The molecule has 30 heavy (non-hydrogen) atoms. The Morgan fingerprint density at radius 3 is 2.63 bits per heavy atom. The number of hydrazone groups is 1. The number of phenols is 1. The van der Waals surface area contributed by atoms with Crippen LogP contribution in [0.1, 0.15) is 24.5 Å². The van der Waals surface area contributed by atoms with Crippen molar-refractivity contribution in [3.05, 3.63) is 68.6 Å². The highest BCUT2D eigenvalue weighted by molar-refractivity contribution is 9.11. The van der Waals surface area contributed by atoms with Crippen LogP contribution in [-0.4, -0.2) is 30.3 Å². The average Bonchev–Trinajstić information content (AvgIpc) is 2.75. The number of hydrogen-bond acceptors (Lipinski definition) is 4. The number of halogens is 2. The van der Waals surface area contributed by atoms with Gasteiger partial charge in [-0.05, 0) is 63.8 Å². The highest BCUT2D eigenvalue weighted by atomic mass is 79.9. The van der Waals surface area contributed by atoms with Gasteiger partial charge in [-0.3, -0.25) is 4.79 Å². The number of carbonyl (C=O) groups excluding carboxylic acids is 1. The molecule has 0 unspecified atom stereocenters. The number of nitrogens with one attached hydrogen (secondary N) is 1. The summed E-state index contributed by atoms with van der Waals surface area (Å²) in [6, 6.07) is 16.1. The third-order valence-electron chi connectivity index (χ3n) is 4.77. The molecule has 2 N–H and O–H groups in total. The fraction of sp³-hybridized carbons (Fsp3) is 0.217. The zero-order valence-electron chi connectivity index (χ0n) is 16.8.